The van der Waals surface area contributed by atoms with E-state index in [0.717, 1.165) is 5.56 Å². The van der Waals surface area contributed by atoms with E-state index >= 15 is 0 Å². The van der Waals surface area contributed by atoms with Crippen LogP contribution in [0.3, 0.4) is 0 Å². The average Bonchev–Trinajstić information content (AvgIpc) is 2.86. The van der Waals surface area contributed by atoms with Gasteiger partial charge in [-0.25, -0.2) is 9.78 Å². The van der Waals surface area contributed by atoms with Crippen molar-refractivity contribution in [1.82, 2.24) is 18.9 Å². The molecular weight excluding hydrogens is 450 g/mol. The topological polar surface area (TPSA) is 117 Å². The highest BCUT2D eigenvalue weighted by Gasteiger charge is 2.20. The first-order valence-electron chi connectivity index (χ1n) is 11.2. The third kappa shape index (κ3) is 4.73. The SMILES string of the molecule is CCOC(=O)c1cc2c(=O)n3cccc(C)c3nc2n(CCCOC)c1=NC(=O)c1ccncc1. The molecule has 0 unspecified atom stereocenters. The number of aromatic nitrogens is 4. The summed E-state index contributed by atoms with van der Waals surface area (Å²) in [6.45, 7) is 4.37. The zero-order valence-corrected chi connectivity index (χ0v) is 19.7. The van der Waals surface area contributed by atoms with Crippen LogP contribution in [-0.4, -0.2) is 51.1 Å². The van der Waals surface area contributed by atoms with Crippen molar-refractivity contribution in [1.29, 1.82) is 0 Å². The van der Waals surface area contributed by atoms with Crippen LogP contribution in [0.4, 0.5) is 0 Å². The number of nitrogens with zero attached hydrogens (tertiary/aromatic N) is 5. The lowest BCUT2D eigenvalue weighted by Gasteiger charge is -2.15. The number of pyridine rings is 3. The molecule has 4 aromatic rings. The number of methoxy groups -OCH3 is 1. The van der Waals surface area contributed by atoms with Crippen molar-refractivity contribution in [2.45, 2.75) is 26.8 Å². The Morgan fingerprint density at radius 3 is 2.63 bits per heavy atom. The summed E-state index contributed by atoms with van der Waals surface area (Å²) in [7, 11) is 1.58. The lowest BCUT2D eigenvalue weighted by molar-refractivity contribution is 0.0523. The number of hydrogen-bond donors (Lipinski definition) is 0. The lowest BCUT2D eigenvalue weighted by atomic mass is 10.2. The van der Waals surface area contributed by atoms with E-state index in [1.54, 1.807) is 30.9 Å². The molecule has 0 aliphatic carbocycles. The smallest absolute Gasteiger partial charge is 0.341 e. The van der Waals surface area contributed by atoms with Crippen LogP contribution in [-0.2, 0) is 16.0 Å². The number of carbonyl (C=O) groups excluding carboxylic acids is 2. The number of amides is 1. The van der Waals surface area contributed by atoms with Gasteiger partial charge in [0.2, 0.25) is 0 Å². The van der Waals surface area contributed by atoms with Gasteiger partial charge in [-0.15, -0.1) is 0 Å². The highest BCUT2D eigenvalue weighted by Crippen LogP contribution is 2.14. The zero-order valence-electron chi connectivity index (χ0n) is 19.7. The molecule has 4 heterocycles. The molecule has 10 nitrogen and oxygen atoms in total. The summed E-state index contributed by atoms with van der Waals surface area (Å²) in [6.07, 6.45) is 5.13. The van der Waals surface area contributed by atoms with Crippen LogP contribution in [0.25, 0.3) is 16.7 Å². The molecule has 4 aromatic heterocycles. The molecule has 0 bridgehead atoms. The van der Waals surface area contributed by atoms with Crippen LogP contribution in [0, 0.1) is 6.92 Å². The first-order valence-corrected chi connectivity index (χ1v) is 11.2. The van der Waals surface area contributed by atoms with E-state index in [1.807, 2.05) is 13.0 Å². The molecule has 10 heteroatoms. The molecule has 35 heavy (non-hydrogen) atoms. The largest absolute Gasteiger partial charge is 0.462 e. The predicted octanol–water partition coefficient (Wildman–Crippen LogP) is 2.31. The second-order valence-electron chi connectivity index (χ2n) is 7.79. The van der Waals surface area contributed by atoms with Crippen LogP contribution in [0.15, 0.2) is 58.7 Å². The Kier molecular flexibility index (Phi) is 7.11. The van der Waals surface area contributed by atoms with E-state index in [4.69, 9.17) is 14.5 Å². The van der Waals surface area contributed by atoms with Crippen molar-refractivity contribution < 1.29 is 19.1 Å². The van der Waals surface area contributed by atoms with E-state index in [1.165, 1.54) is 35.0 Å². The molecule has 0 saturated carbocycles. The van der Waals surface area contributed by atoms with Crippen molar-refractivity contribution in [2.75, 3.05) is 20.3 Å². The van der Waals surface area contributed by atoms with Crippen LogP contribution < -0.4 is 11.0 Å². The fourth-order valence-corrected chi connectivity index (χ4v) is 3.80. The highest BCUT2D eigenvalue weighted by molar-refractivity contribution is 5.97. The van der Waals surface area contributed by atoms with Crippen LogP contribution in [0.2, 0.25) is 0 Å². The summed E-state index contributed by atoms with van der Waals surface area (Å²) in [5.74, 6) is -1.25. The molecular formula is C25H25N5O5. The number of rotatable bonds is 7. The molecule has 0 aliphatic rings. The van der Waals surface area contributed by atoms with Crippen molar-refractivity contribution in [3.05, 3.63) is 81.5 Å². The maximum Gasteiger partial charge on any atom is 0.341 e. The standard InChI is InChI=1S/C25H25N5O5/c1-4-35-25(33)19-15-18-21(27-20-16(2)7-5-12-30(20)24(18)32)29(13-6-14-34-3)22(19)28-23(31)17-8-10-26-11-9-17/h5,7-12,15H,4,6,13-14H2,1-3H3. The molecule has 0 aliphatic heterocycles. The second-order valence-corrected chi connectivity index (χ2v) is 7.79. The maximum absolute atomic E-state index is 13.4. The molecule has 0 saturated heterocycles. The molecule has 180 valence electrons. The van der Waals surface area contributed by atoms with Gasteiger partial charge in [-0.1, -0.05) is 6.07 Å². The zero-order chi connectivity index (χ0) is 24.9. The molecule has 0 N–H and O–H groups in total. The van der Waals surface area contributed by atoms with Gasteiger partial charge in [-0.2, -0.15) is 4.99 Å². The van der Waals surface area contributed by atoms with Gasteiger partial charge in [-0.3, -0.25) is 19.0 Å². The normalized spacial score (nSPS) is 11.8. The number of ether oxygens (including phenoxy) is 2. The Morgan fingerprint density at radius 1 is 1.14 bits per heavy atom. The van der Waals surface area contributed by atoms with E-state index < -0.39 is 11.9 Å². The number of hydrogen-bond acceptors (Lipinski definition) is 7. The average molecular weight is 476 g/mol. The summed E-state index contributed by atoms with van der Waals surface area (Å²) < 4.78 is 13.5. The first kappa shape index (κ1) is 24.0. The highest BCUT2D eigenvalue weighted by atomic mass is 16.5. The fraction of sp³-hybridized carbons (Fsp3) is 0.280. The third-order valence-corrected chi connectivity index (χ3v) is 5.47. The van der Waals surface area contributed by atoms with E-state index in [-0.39, 0.29) is 28.6 Å². The number of esters is 1. The quantitative estimate of drug-likeness (QED) is 0.229. The minimum Gasteiger partial charge on any atom is -0.462 e. The van der Waals surface area contributed by atoms with Crippen LogP contribution in [0.1, 0.15) is 39.6 Å². The van der Waals surface area contributed by atoms with Gasteiger partial charge >= 0.3 is 5.97 Å². The first-order chi connectivity index (χ1) is 17.0. The van der Waals surface area contributed by atoms with Gasteiger partial charge in [0.1, 0.15) is 16.9 Å². The molecule has 1 amide bonds. The van der Waals surface area contributed by atoms with Gasteiger partial charge in [0, 0.05) is 44.4 Å². The van der Waals surface area contributed by atoms with Crippen LogP contribution in [0.5, 0.6) is 0 Å². The van der Waals surface area contributed by atoms with Gasteiger partial charge in [0.25, 0.3) is 11.5 Å². The second kappa shape index (κ2) is 10.4. The fourth-order valence-electron chi connectivity index (χ4n) is 3.80. The number of fused-ring (bicyclic) bond motifs is 2. The summed E-state index contributed by atoms with van der Waals surface area (Å²) in [5, 5.41) is 0.212. The minimum absolute atomic E-state index is 0.00526. The van der Waals surface area contributed by atoms with Crippen molar-refractivity contribution >= 4 is 28.6 Å². The van der Waals surface area contributed by atoms with Crippen molar-refractivity contribution in [3.63, 3.8) is 0 Å². The Bertz CT molecular complexity index is 1540. The van der Waals surface area contributed by atoms with Crippen molar-refractivity contribution in [3.8, 4) is 0 Å². The lowest BCUT2D eigenvalue weighted by Crippen LogP contribution is -2.33. The summed E-state index contributed by atoms with van der Waals surface area (Å²) in [6, 6.07) is 8.09. The molecule has 0 aromatic carbocycles. The Balaban J connectivity index is 2.12. The van der Waals surface area contributed by atoms with Gasteiger partial charge in [0.05, 0.1) is 12.0 Å². The van der Waals surface area contributed by atoms with Gasteiger partial charge < -0.3 is 14.0 Å². The molecule has 0 fully saturated rings. The predicted molar refractivity (Wildman–Crippen MR) is 128 cm³/mol. The number of aryl methyl sites for hydroxylation is 2. The van der Waals surface area contributed by atoms with Gasteiger partial charge in [0.15, 0.2) is 5.49 Å². The van der Waals surface area contributed by atoms with E-state index in [9.17, 15) is 14.4 Å². The van der Waals surface area contributed by atoms with Crippen LogP contribution >= 0.6 is 0 Å². The minimum atomic E-state index is -0.690. The summed E-state index contributed by atoms with van der Waals surface area (Å²) >= 11 is 0. The molecule has 0 atom stereocenters. The monoisotopic (exact) mass is 475 g/mol. The van der Waals surface area contributed by atoms with Gasteiger partial charge in [-0.05, 0) is 50.1 Å². The molecule has 0 spiro atoms. The maximum atomic E-state index is 13.4. The number of carbonyl (C=O) groups is 2. The Hall–Kier alpha value is -4.18. The van der Waals surface area contributed by atoms with E-state index in [0.29, 0.717) is 36.4 Å². The Morgan fingerprint density at radius 2 is 1.91 bits per heavy atom. The summed E-state index contributed by atoms with van der Waals surface area (Å²) in [5.41, 5.74) is 1.63. The summed E-state index contributed by atoms with van der Waals surface area (Å²) in [4.78, 5) is 52.4. The molecule has 0 radical (unpaired) electrons. The van der Waals surface area contributed by atoms with E-state index in [2.05, 4.69) is 9.98 Å². The molecule has 4 rings (SSSR count). The van der Waals surface area contributed by atoms with Crippen molar-refractivity contribution in [2.24, 2.45) is 4.99 Å². The Labute approximate surface area is 200 Å². The third-order valence-electron chi connectivity index (χ3n) is 5.47.